The van der Waals surface area contributed by atoms with E-state index in [0.717, 1.165) is 15.6 Å². The molecule has 2 rings (SSSR count). The third-order valence-corrected chi connectivity index (χ3v) is 2.86. The summed E-state index contributed by atoms with van der Waals surface area (Å²) in [4.78, 5) is 5.39. The van der Waals surface area contributed by atoms with E-state index in [9.17, 15) is 0 Å². The molecule has 2 aromatic rings. The van der Waals surface area contributed by atoms with E-state index in [2.05, 4.69) is 11.1 Å². The van der Waals surface area contributed by atoms with E-state index in [1.807, 2.05) is 37.3 Å². The Hall–Kier alpha value is -1.48. The number of hydrogen-bond acceptors (Lipinski definition) is 3. The maximum Gasteiger partial charge on any atom is 0.101 e. The van der Waals surface area contributed by atoms with Gasteiger partial charge in [-0.1, -0.05) is 17.8 Å². The molecule has 0 amide bonds. The Balaban J connectivity index is 2.25. The van der Waals surface area contributed by atoms with Crippen molar-refractivity contribution in [2.24, 2.45) is 0 Å². The highest BCUT2D eigenvalue weighted by Gasteiger charge is 1.99. The summed E-state index contributed by atoms with van der Waals surface area (Å²) in [5.41, 5.74) is 7.75. The molecule has 0 unspecified atom stereocenters. The van der Waals surface area contributed by atoms with Gasteiger partial charge in [-0.25, -0.2) is 4.98 Å². The second kappa shape index (κ2) is 4.36. The van der Waals surface area contributed by atoms with Crippen molar-refractivity contribution in [1.82, 2.24) is 4.98 Å². The molecule has 0 atom stereocenters. The highest BCUT2D eigenvalue weighted by molar-refractivity contribution is 7.99. The lowest BCUT2D eigenvalue weighted by Crippen LogP contribution is -1.87. The molecule has 0 saturated carbocycles. The zero-order chi connectivity index (χ0) is 10.7. The standard InChI is InChI=1S/C12H12N2S/c1-9-6-10(13)8-11(7-9)15-12-4-2-3-5-14-12/h2-8H,13H2,1H3. The molecule has 0 aliphatic heterocycles. The highest BCUT2D eigenvalue weighted by Crippen LogP contribution is 2.27. The molecule has 0 aliphatic carbocycles. The molecular weight excluding hydrogens is 204 g/mol. The van der Waals surface area contributed by atoms with E-state index in [1.54, 1.807) is 18.0 Å². The monoisotopic (exact) mass is 216 g/mol. The summed E-state index contributed by atoms with van der Waals surface area (Å²) in [6.07, 6.45) is 1.79. The van der Waals surface area contributed by atoms with Crippen LogP contribution in [0.5, 0.6) is 0 Å². The van der Waals surface area contributed by atoms with Gasteiger partial charge in [-0.05, 0) is 42.8 Å². The lowest BCUT2D eigenvalue weighted by Gasteiger charge is -2.03. The van der Waals surface area contributed by atoms with Crippen LogP contribution in [-0.4, -0.2) is 4.98 Å². The maximum absolute atomic E-state index is 5.78. The van der Waals surface area contributed by atoms with Crippen LogP contribution in [0.15, 0.2) is 52.5 Å². The molecule has 1 aromatic heterocycles. The van der Waals surface area contributed by atoms with E-state index < -0.39 is 0 Å². The van der Waals surface area contributed by atoms with Gasteiger partial charge in [-0.15, -0.1) is 0 Å². The van der Waals surface area contributed by atoms with E-state index >= 15 is 0 Å². The summed E-state index contributed by atoms with van der Waals surface area (Å²) < 4.78 is 0. The molecule has 2 nitrogen and oxygen atoms in total. The number of nitrogens with two attached hydrogens (primary N) is 1. The van der Waals surface area contributed by atoms with Crippen LogP contribution in [0, 0.1) is 6.92 Å². The Morgan fingerprint density at radius 1 is 1.20 bits per heavy atom. The lowest BCUT2D eigenvalue weighted by atomic mass is 10.2. The Labute approximate surface area is 93.5 Å². The molecular formula is C12H12N2S. The highest BCUT2D eigenvalue weighted by atomic mass is 32.2. The Morgan fingerprint density at radius 3 is 2.73 bits per heavy atom. The first-order chi connectivity index (χ1) is 7.24. The largest absolute Gasteiger partial charge is 0.399 e. The van der Waals surface area contributed by atoms with Crippen molar-refractivity contribution in [2.45, 2.75) is 16.8 Å². The Morgan fingerprint density at radius 2 is 2.07 bits per heavy atom. The first-order valence-corrected chi connectivity index (χ1v) is 5.52. The van der Waals surface area contributed by atoms with Crippen LogP contribution >= 0.6 is 11.8 Å². The second-order valence-corrected chi connectivity index (χ2v) is 4.44. The van der Waals surface area contributed by atoms with Crippen molar-refractivity contribution < 1.29 is 0 Å². The van der Waals surface area contributed by atoms with Crippen LogP contribution < -0.4 is 5.73 Å². The number of anilines is 1. The number of benzene rings is 1. The van der Waals surface area contributed by atoms with Crippen LogP contribution in [0.4, 0.5) is 5.69 Å². The lowest BCUT2D eigenvalue weighted by molar-refractivity contribution is 1.13. The number of aromatic nitrogens is 1. The fourth-order valence-corrected chi connectivity index (χ4v) is 2.31. The van der Waals surface area contributed by atoms with Crippen LogP contribution in [0.1, 0.15) is 5.56 Å². The van der Waals surface area contributed by atoms with Crippen molar-refractivity contribution in [3.8, 4) is 0 Å². The normalized spacial score (nSPS) is 10.2. The smallest absolute Gasteiger partial charge is 0.101 e. The molecule has 15 heavy (non-hydrogen) atoms. The summed E-state index contributed by atoms with van der Waals surface area (Å²) in [5, 5.41) is 0.988. The van der Waals surface area contributed by atoms with Gasteiger partial charge in [-0.2, -0.15) is 0 Å². The first kappa shape index (κ1) is 10.1. The Bertz CT molecular complexity index is 434. The number of rotatable bonds is 2. The molecule has 2 N–H and O–H groups in total. The predicted molar refractivity (Wildman–Crippen MR) is 64.0 cm³/mol. The molecule has 3 heteroatoms. The molecule has 1 heterocycles. The summed E-state index contributed by atoms with van der Waals surface area (Å²) in [5.74, 6) is 0. The van der Waals surface area contributed by atoms with Crippen molar-refractivity contribution in [1.29, 1.82) is 0 Å². The number of hydrogen-bond donors (Lipinski definition) is 1. The minimum Gasteiger partial charge on any atom is -0.399 e. The number of nitrogen functional groups attached to an aromatic ring is 1. The average Bonchev–Trinajstić information content (AvgIpc) is 2.17. The molecule has 0 aliphatic rings. The summed E-state index contributed by atoms with van der Waals surface area (Å²) >= 11 is 1.62. The second-order valence-electron chi connectivity index (χ2n) is 3.35. The number of pyridine rings is 1. The van der Waals surface area contributed by atoms with Crippen LogP contribution in [0.25, 0.3) is 0 Å². The average molecular weight is 216 g/mol. The van der Waals surface area contributed by atoms with Gasteiger partial charge in [0.05, 0.1) is 0 Å². The van der Waals surface area contributed by atoms with Gasteiger partial charge in [0.15, 0.2) is 0 Å². The molecule has 0 bridgehead atoms. The third-order valence-electron chi connectivity index (χ3n) is 1.93. The molecule has 0 radical (unpaired) electrons. The van der Waals surface area contributed by atoms with Gasteiger partial charge in [-0.3, -0.25) is 0 Å². The summed E-state index contributed by atoms with van der Waals surface area (Å²) in [7, 11) is 0. The molecule has 0 spiro atoms. The third kappa shape index (κ3) is 2.73. The van der Waals surface area contributed by atoms with Gasteiger partial charge in [0.2, 0.25) is 0 Å². The molecule has 0 fully saturated rings. The van der Waals surface area contributed by atoms with Gasteiger partial charge >= 0.3 is 0 Å². The first-order valence-electron chi connectivity index (χ1n) is 4.70. The van der Waals surface area contributed by atoms with Crippen LogP contribution in [0.3, 0.4) is 0 Å². The van der Waals surface area contributed by atoms with Crippen LogP contribution in [0.2, 0.25) is 0 Å². The van der Waals surface area contributed by atoms with E-state index in [0.29, 0.717) is 0 Å². The molecule has 1 aromatic carbocycles. The zero-order valence-corrected chi connectivity index (χ0v) is 9.29. The fraction of sp³-hybridized carbons (Fsp3) is 0.0833. The minimum atomic E-state index is 0.799. The SMILES string of the molecule is Cc1cc(N)cc(Sc2ccccn2)c1. The topological polar surface area (TPSA) is 38.9 Å². The maximum atomic E-state index is 5.78. The van der Waals surface area contributed by atoms with Crippen molar-refractivity contribution in [3.63, 3.8) is 0 Å². The minimum absolute atomic E-state index is 0.799. The van der Waals surface area contributed by atoms with E-state index in [1.165, 1.54) is 5.56 Å². The predicted octanol–water partition coefficient (Wildman–Crippen LogP) is 3.12. The van der Waals surface area contributed by atoms with Crippen LogP contribution in [-0.2, 0) is 0 Å². The van der Waals surface area contributed by atoms with E-state index in [-0.39, 0.29) is 0 Å². The van der Waals surface area contributed by atoms with Gasteiger partial charge in [0, 0.05) is 16.8 Å². The van der Waals surface area contributed by atoms with Gasteiger partial charge in [0.1, 0.15) is 5.03 Å². The van der Waals surface area contributed by atoms with E-state index in [4.69, 9.17) is 5.73 Å². The number of nitrogens with zero attached hydrogens (tertiary/aromatic N) is 1. The molecule has 76 valence electrons. The number of aryl methyl sites for hydroxylation is 1. The van der Waals surface area contributed by atoms with Crippen molar-refractivity contribution >= 4 is 17.4 Å². The van der Waals surface area contributed by atoms with Gasteiger partial charge < -0.3 is 5.73 Å². The van der Waals surface area contributed by atoms with Gasteiger partial charge in [0.25, 0.3) is 0 Å². The molecule has 0 saturated heterocycles. The zero-order valence-electron chi connectivity index (χ0n) is 8.47. The Kier molecular flexibility index (Phi) is 2.92. The fourth-order valence-electron chi connectivity index (χ4n) is 1.36. The summed E-state index contributed by atoms with van der Waals surface area (Å²) in [6.45, 7) is 2.04. The summed E-state index contributed by atoms with van der Waals surface area (Å²) in [6, 6.07) is 11.9. The van der Waals surface area contributed by atoms with Crippen molar-refractivity contribution in [2.75, 3.05) is 5.73 Å². The quantitative estimate of drug-likeness (QED) is 0.784. The van der Waals surface area contributed by atoms with Crippen molar-refractivity contribution in [3.05, 3.63) is 48.2 Å².